The van der Waals surface area contributed by atoms with Gasteiger partial charge in [-0.2, -0.15) is 21.6 Å². The third-order valence-electron chi connectivity index (χ3n) is 2.69. The Morgan fingerprint density at radius 2 is 1.75 bits per heavy atom. The first-order valence-electron chi connectivity index (χ1n) is 4.98. The first-order chi connectivity index (χ1) is 9.12. The predicted molar refractivity (Wildman–Crippen MR) is 72.0 cm³/mol. The third kappa shape index (κ3) is 2.65. The van der Waals surface area contributed by atoms with E-state index < -0.39 is 16.8 Å². The van der Waals surface area contributed by atoms with E-state index in [0.29, 0.717) is 20.6 Å². The van der Waals surface area contributed by atoms with Crippen molar-refractivity contribution in [1.82, 2.24) is 0 Å². The Hall–Kier alpha value is -0.830. The number of hydrogen-bond donors (Lipinski definition) is 1. The second kappa shape index (κ2) is 5.18. The molecule has 0 fully saturated rings. The first-order valence-corrected chi connectivity index (χ1v) is 7.60. The van der Waals surface area contributed by atoms with E-state index in [4.69, 9.17) is 16.2 Å². The van der Waals surface area contributed by atoms with Crippen LogP contribution >= 0.6 is 27.5 Å². The fraction of sp³-hybridized carbons (Fsp3) is 0.0909. The Balaban J connectivity index is 0.000000328. The van der Waals surface area contributed by atoms with Crippen molar-refractivity contribution in [3.05, 3.63) is 31.6 Å². The molecule has 0 aliphatic heterocycles. The molecule has 0 saturated carbocycles. The lowest BCUT2D eigenvalue weighted by Gasteiger charge is -2.02. The van der Waals surface area contributed by atoms with Gasteiger partial charge in [-0.05, 0) is 28.7 Å². The molecule has 108 valence electrons. The van der Waals surface area contributed by atoms with Crippen LogP contribution in [0.1, 0.15) is 5.56 Å². The highest BCUT2D eigenvalue weighted by Gasteiger charge is 2.28. The van der Waals surface area contributed by atoms with Crippen LogP contribution in [0.4, 0.5) is 13.2 Å². The summed E-state index contributed by atoms with van der Waals surface area (Å²) < 4.78 is 61.3. The van der Waals surface area contributed by atoms with Gasteiger partial charge in [-0.3, -0.25) is 4.55 Å². The Morgan fingerprint density at radius 1 is 1.20 bits per heavy atom. The molecule has 2 aliphatic rings. The summed E-state index contributed by atoms with van der Waals surface area (Å²) in [6.45, 7) is -3.67. The zero-order chi connectivity index (χ0) is 15.2. The molecule has 2 aliphatic carbocycles. The highest BCUT2D eigenvalue weighted by atomic mass is 79.9. The SMILES string of the molecule is FC(F)F.O=S(=O)(O)c1cc(Br)c2c3c1C(=C(Cl)C=3)C=2. The number of allylic oxidation sites excluding steroid dienone is 2. The van der Waals surface area contributed by atoms with E-state index >= 15 is 0 Å². The Morgan fingerprint density at radius 3 is 2.25 bits per heavy atom. The van der Waals surface area contributed by atoms with Crippen LogP contribution in [0.5, 0.6) is 0 Å². The lowest BCUT2D eigenvalue weighted by molar-refractivity contribution is 0.00819. The molecule has 1 aromatic rings. The molecule has 1 aromatic carbocycles. The van der Waals surface area contributed by atoms with Crippen LogP contribution in [-0.2, 0) is 10.1 Å². The van der Waals surface area contributed by atoms with Gasteiger partial charge in [-0.1, -0.05) is 27.5 Å². The highest BCUT2D eigenvalue weighted by molar-refractivity contribution is 9.10. The topological polar surface area (TPSA) is 54.4 Å². The van der Waals surface area contributed by atoms with E-state index in [1.165, 1.54) is 6.07 Å². The van der Waals surface area contributed by atoms with Gasteiger partial charge in [0.1, 0.15) is 4.90 Å². The summed E-state index contributed by atoms with van der Waals surface area (Å²) in [7, 11) is -4.24. The molecule has 9 heteroatoms. The van der Waals surface area contributed by atoms with Gasteiger partial charge < -0.3 is 0 Å². The zero-order valence-corrected chi connectivity index (χ0v) is 12.5. The molecule has 0 spiro atoms. The number of rotatable bonds is 1. The van der Waals surface area contributed by atoms with E-state index in [9.17, 15) is 21.6 Å². The molecule has 0 atom stereocenters. The van der Waals surface area contributed by atoms with E-state index in [0.717, 1.165) is 10.4 Å². The molecule has 20 heavy (non-hydrogen) atoms. The molecule has 0 amide bonds. The van der Waals surface area contributed by atoms with Crippen molar-refractivity contribution in [2.75, 3.05) is 0 Å². The molecule has 0 radical (unpaired) electrons. The van der Waals surface area contributed by atoms with Crippen LogP contribution in [0.25, 0.3) is 17.7 Å². The fourth-order valence-corrected chi connectivity index (χ4v) is 3.76. The maximum Gasteiger partial charge on any atom is 0.379 e. The highest BCUT2D eigenvalue weighted by Crippen LogP contribution is 2.34. The largest absolute Gasteiger partial charge is 0.379 e. The summed E-state index contributed by atoms with van der Waals surface area (Å²) in [5, 5.41) is 2.16. The molecule has 3 nitrogen and oxygen atoms in total. The van der Waals surface area contributed by atoms with E-state index in [1.54, 1.807) is 6.08 Å². The molecular formula is C11H5BrClF3O3S. The van der Waals surface area contributed by atoms with E-state index in [-0.39, 0.29) is 4.90 Å². The van der Waals surface area contributed by atoms with Gasteiger partial charge in [0, 0.05) is 20.6 Å². The van der Waals surface area contributed by atoms with Crippen molar-refractivity contribution < 1.29 is 26.1 Å². The molecule has 0 aromatic heterocycles. The quantitative estimate of drug-likeness (QED) is 0.751. The average molecular weight is 390 g/mol. The van der Waals surface area contributed by atoms with Gasteiger partial charge >= 0.3 is 6.68 Å². The summed E-state index contributed by atoms with van der Waals surface area (Å²) in [6, 6.07) is 1.40. The normalized spacial score (nSPS) is 14.9. The molecule has 1 N–H and O–H groups in total. The Labute approximate surface area is 124 Å². The molecule has 0 unspecified atom stereocenters. The van der Waals surface area contributed by atoms with Gasteiger partial charge in [0.05, 0.1) is 0 Å². The van der Waals surface area contributed by atoms with Gasteiger partial charge in [0.25, 0.3) is 10.1 Å². The van der Waals surface area contributed by atoms with Crippen LogP contribution < -0.4 is 10.4 Å². The molecule has 4 bridgehead atoms. The van der Waals surface area contributed by atoms with Gasteiger partial charge in [0.15, 0.2) is 0 Å². The van der Waals surface area contributed by atoms with Crippen LogP contribution in [0.2, 0.25) is 0 Å². The number of alkyl halides is 3. The van der Waals surface area contributed by atoms with Crippen molar-refractivity contribution >= 4 is 55.4 Å². The molecular weight excluding hydrogens is 385 g/mol. The van der Waals surface area contributed by atoms with E-state index in [1.807, 2.05) is 6.08 Å². The van der Waals surface area contributed by atoms with Crippen molar-refractivity contribution in [3.8, 4) is 0 Å². The molecule has 0 saturated heterocycles. The third-order valence-corrected chi connectivity index (χ3v) is 4.53. The maximum atomic E-state index is 11.3. The van der Waals surface area contributed by atoms with E-state index in [2.05, 4.69) is 15.9 Å². The van der Waals surface area contributed by atoms with Crippen LogP contribution in [0.3, 0.4) is 0 Å². The Bertz CT molecular complexity index is 844. The lowest BCUT2D eigenvalue weighted by Crippen LogP contribution is -2.25. The molecule has 0 heterocycles. The van der Waals surface area contributed by atoms with Crippen molar-refractivity contribution in [3.63, 3.8) is 0 Å². The van der Waals surface area contributed by atoms with Gasteiger partial charge in [-0.25, -0.2) is 0 Å². The van der Waals surface area contributed by atoms with Crippen molar-refractivity contribution in [2.24, 2.45) is 0 Å². The molecule has 3 rings (SSSR count). The fourth-order valence-electron chi connectivity index (χ4n) is 2.05. The second-order valence-electron chi connectivity index (χ2n) is 3.83. The maximum absolute atomic E-state index is 11.3. The smallest absolute Gasteiger partial charge is 0.282 e. The van der Waals surface area contributed by atoms with Crippen molar-refractivity contribution in [2.45, 2.75) is 11.6 Å². The van der Waals surface area contributed by atoms with Crippen LogP contribution in [0, 0.1) is 0 Å². The zero-order valence-electron chi connectivity index (χ0n) is 9.37. The Kier molecular flexibility index (Phi) is 4.03. The second-order valence-corrected chi connectivity index (χ2v) is 6.48. The number of halogens is 5. The summed E-state index contributed by atoms with van der Waals surface area (Å²) >= 11 is 9.22. The van der Waals surface area contributed by atoms with Gasteiger partial charge in [0.2, 0.25) is 0 Å². The number of hydrogen-bond acceptors (Lipinski definition) is 2. The first kappa shape index (κ1) is 15.6. The monoisotopic (exact) mass is 388 g/mol. The lowest BCUT2D eigenvalue weighted by atomic mass is 10.2. The van der Waals surface area contributed by atoms with Crippen LogP contribution in [-0.4, -0.2) is 19.6 Å². The van der Waals surface area contributed by atoms with Gasteiger partial charge in [-0.15, -0.1) is 0 Å². The minimum absolute atomic E-state index is 0.103. The summed E-state index contributed by atoms with van der Waals surface area (Å²) in [4.78, 5) is -0.103. The minimum atomic E-state index is -4.24. The predicted octanol–water partition coefficient (Wildman–Crippen LogP) is 2.41. The summed E-state index contributed by atoms with van der Waals surface area (Å²) in [5.41, 5.74) is 1.16. The number of benzene rings is 1. The van der Waals surface area contributed by atoms with Crippen molar-refractivity contribution in [1.29, 1.82) is 0 Å². The van der Waals surface area contributed by atoms with Crippen LogP contribution in [0.15, 0.2) is 20.5 Å². The minimum Gasteiger partial charge on any atom is -0.282 e. The average Bonchev–Trinajstić information content (AvgIpc) is 2.71. The summed E-state index contributed by atoms with van der Waals surface area (Å²) in [6.07, 6.45) is 3.52. The standard InChI is InChI=1S/C10H4BrClO3S.CHF3/c11-7-3-9(16(13,14)15)10-5-2-8(12)6(10)1-4(5)7;2-1(3)4/h1-3H,(H,13,14,15);1H. The summed E-state index contributed by atoms with van der Waals surface area (Å²) in [5.74, 6) is 0.